The van der Waals surface area contributed by atoms with E-state index < -0.39 is 17.8 Å². The van der Waals surface area contributed by atoms with Gasteiger partial charge in [-0.2, -0.15) is 13.2 Å². The smallest absolute Gasteiger partial charge is 0.416 e. The third-order valence-corrected chi connectivity index (χ3v) is 7.01. The van der Waals surface area contributed by atoms with Crippen molar-refractivity contribution in [1.82, 2.24) is 9.97 Å². The van der Waals surface area contributed by atoms with Gasteiger partial charge in [-0.15, -0.1) is 0 Å². The lowest BCUT2D eigenvalue weighted by atomic mass is 10.2. The molecular formula is C27H24F3N5O2S. The van der Waals surface area contributed by atoms with Crippen LogP contribution in [0.3, 0.4) is 0 Å². The number of alkyl halides is 3. The Morgan fingerprint density at radius 3 is 2.47 bits per heavy atom. The first-order valence-corrected chi connectivity index (χ1v) is 12.7. The monoisotopic (exact) mass is 539 g/mol. The summed E-state index contributed by atoms with van der Waals surface area (Å²) in [6.45, 7) is 1.04. The number of carbonyl (C=O) groups excluding carboxylic acids is 1. The van der Waals surface area contributed by atoms with Crippen molar-refractivity contribution in [1.29, 1.82) is 0 Å². The zero-order valence-electron chi connectivity index (χ0n) is 20.3. The largest absolute Gasteiger partial charge is 0.439 e. The number of carbonyl (C=O) groups is 1. The van der Waals surface area contributed by atoms with Crippen molar-refractivity contribution in [3.63, 3.8) is 0 Å². The summed E-state index contributed by atoms with van der Waals surface area (Å²) in [5.74, 6) is 1.71. The molecule has 5 rings (SSSR count). The van der Waals surface area contributed by atoms with Gasteiger partial charge in [0.15, 0.2) is 5.13 Å². The van der Waals surface area contributed by atoms with Crippen LogP contribution in [0.25, 0.3) is 10.4 Å². The minimum absolute atomic E-state index is 0.0218. The number of rotatable bonds is 8. The Labute approximate surface area is 221 Å². The van der Waals surface area contributed by atoms with Gasteiger partial charge in [-0.3, -0.25) is 0 Å². The lowest BCUT2D eigenvalue weighted by Gasteiger charge is -2.14. The highest BCUT2D eigenvalue weighted by atomic mass is 32.1. The molecule has 0 bridgehead atoms. The SMILES string of the molecule is CN(CC1CC1)c1ncc(-c2ccc(Oc3ccc(NC(=O)Nc4cccc(C(F)(F)F)c4)cn3)cc2)s1. The van der Waals surface area contributed by atoms with E-state index in [0.717, 1.165) is 40.2 Å². The molecule has 196 valence electrons. The molecule has 0 saturated heterocycles. The van der Waals surface area contributed by atoms with E-state index in [1.807, 2.05) is 30.5 Å². The van der Waals surface area contributed by atoms with Gasteiger partial charge in [0.25, 0.3) is 0 Å². The summed E-state index contributed by atoms with van der Waals surface area (Å²) in [4.78, 5) is 24.2. The minimum atomic E-state index is -4.50. The van der Waals surface area contributed by atoms with Crippen molar-refractivity contribution in [3.8, 4) is 22.1 Å². The van der Waals surface area contributed by atoms with Crippen LogP contribution in [0.2, 0.25) is 0 Å². The second kappa shape index (κ2) is 10.7. The highest BCUT2D eigenvalue weighted by Crippen LogP contribution is 2.35. The molecule has 0 aliphatic heterocycles. The summed E-state index contributed by atoms with van der Waals surface area (Å²) in [6.07, 6.45) is 1.39. The quantitative estimate of drug-likeness (QED) is 0.242. The van der Waals surface area contributed by atoms with Crippen LogP contribution in [0, 0.1) is 5.92 Å². The molecule has 1 fully saturated rings. The number of ether oxygens (including phenoxy) is 1. The first-order chi connectivity index (χ1) is 18.2. The first kappa shape index (κ1) is 25.5. The number of amides is 2. The molecule has 2 N–H and O–H groups in total. The van der Waals surface area contributed by atoms with E-state index in [9.17, 15) is 18.0 Å². The van der Waals surface area contributed by atoms with Crippen molar-refractivity contribution in [3.05, 3.63) is 78.6 Å². The van der Waals surface area contributed by atoms with Gasteiger partial charge in [-0.25, -0.2) is 14.8 Å². The molecule has 0 spiro atoms. The Morgan fingerprint density at radius 1 is 1.03 bits per heavy atom. The van der Waals surface area contributed by atoms with Gasteiger partial charge >= 0.3 is 12.2 Å². The number of anilines is 3. The molecule has 2 aromatic heterocycles. The number of halogens is 3. The van der Waals surface area contributed by atoms with Gasteiger partial charge in [-0.05, 0) is 72.9 Å². The summed E-state index contributed by atoms with van der Waals surface area (Å²) in [7, 11) is 2.08. The van der Waals surface area contributed by atoms with Gasteiger partial charge in [-0.1, -0.05) is 17.4 Å². The number of nitrogens with one attached hydrogen (secondary N) is 2. The van der Waals surface area contributed by atoms with Crippen LogP contribution in [-0.4, -0.2) is 29.6 Å². The van der Waals surface area contributed by atoms with Crippen LogP contribution in [0.15, 0.2) is 73.1 Å². The van der Waals surface area contributed by atoms with E-state index in [2.05, 4.69) is 32.5 Å². The van der Waals surface area contributed by atoms with Gasteiger partial charge in [0.1, 0.15) is 5.75 Å². The Morgan fingerprint density at radius 2 is 1.79 bits per heavy atom. The molecule has 38 heavy (non-hydrogen) atoms. The number of thiazole rings is 1. The van der Waals surface area contributed by atoms with E-state index in [1.165, 1.54) is 31.2 Å². The molecule has 11 heteroatoms. The van der Waals surface area contributed by atoms with Crippen molar-refractivity contribution in [2.45, 2.75) is 19.0 Å². The maximum absolute atomic E-state index is 12.9. The third kappa shape index (κ3) is 6.60. The number of benzene rings is 2. The van der Waals surface area contributed by atoms with Crippen LogP contribution in [0.5, 0.6) is 11.6 Å². The average Bonchev–Trinajstić information content (AvgIpc) is 3.56. The van der Waals surface area contributed by atoms with E-state index in [1.54, 1.807) is 23.5 Å². The molecule has 1 aliphatic carbocycles. The number of pyridine rings is 1. The van der Waals surface area contributed by atoms with Crippen molar-refractivity contribution >= 4 is 33.9 Å². The predicted molar refractivity (Wildman–Crippen MR) is 142 cm³/mol. The van der Waals surface area contributed by atoms with Crippen LogP contribution < -0.4 is 20.3 Å². The second-order valence-electron chi connectivity index (χ2n) is 9.00. The molecule has 0 radical (unpaired) electrons. The van der Waals surface area contributed by atoms with Crippen molar-refractivity contribution in [2.24, 2.45) is 5.92 Å². The number of nitrogens with zero attached hydrogens (tertiary/aromatic N) is 3. The predicted octanol–water partition coefficient (Wildman–Crippen LogP) is 7.51. The third-order valence-electron chi connectivity index (χ3n) is 5.85. The molecule has 2 amide bonds. The Hall–Kier alpha value is -4.12. The van der Waals surface area contributed by atoms with E-state index in [-0.39, 0.29) is 5.69 Å². The molecule has 4 aromatic rings. The Balaban J connectivity index is 1.15. The van der Waals surface area contributed by atoms with Crippen molar-refractivity contribution < 1.29 is 22.7 Å². The fraction of sp³-hybridized carbons (Fsp3) is 0.222. The zero-order chi connectivity index (χ0) is 26.7. The molecule has 1 aliphatic rings. The topological polar surface area (TPSA) is 79.4 Å². The molecule has 1 saturated carbocycles. The van der Waals surface area contributed by atoms with Gasteiger partial charge in [0.2, 0.25) is 5.88 Å². The fourth-order valence-corrected chi connectivity index (χ4v) is 4.62. The van der Waals surface area contributed by atoms with Gasteiger partial charge in [0.05, 0.1) is 22.3 Å². The zero-order valence-corrected chi connectivity index (χ0v) is 21.1. The van der Waals surface area contributed by atoms with E-state index in [4.69, 9.17) is 4.74 Å². The number of aromatic nitrogens is 2. The molecule has 2 heterocycles. The standard InChI is InChI=1S/C27H24F3N5O2S/c1-35(16-17-5-6-17)26-32-15-23(38-26)18-7-10-22(11-8-18)37-24-12-9-21(14-31-24)34-25(36)33-20-4-2-3-19(13-20)27(28,29)30/h2-4,7-15,17H,5-6,16H2,1H3,(H2,33,34,36). The highest BCUT2D eigenvalue weighted by Gasteiger charge is 2.30. The Kier molecular flexibility index (Phi) is 7.19. The summed E-state index contributed by atoms with van der Waals surface area (Å²) in [6, 6.07) is 14.5. The van der Waals surface area contributed by atoms with Crippen molar-refractivity contribution in [2.75, 3.05) is 29.1 Å². The first-order valence-electron chi connectivity index (χ1n) is 11.9. The van der Waals surface area contributed by atoms with Crippen LogP contribution >= 0.6 is 11.3 Å². The summed E-state index contributed by atoms with van der Waals surface area (Å²) < 4.78 is 44.4. The Bertz CT molecular complexity index is 1400. The van der Waals surface area contributed by atoms with Crippen LogP contribution in [-0.2, 0) is 6.18 Å². The average molecular weight is 540 g/mol. The van der Waals surface area contributed by atoms with E-state index in [0.29, 0.717) is 17.3 Å². The number of hydrogen-bond acceptors (Lipinski definition) is 6. The molecular weight excluding hydrogens is 515 g/mol. The minimum Gasteiger partial charge on any atom is -0.439 e. The maximum atomic E-state index is 12.9. The maximum Gasteiger partial charge on any atom is 0.416 e. The van der Waals surface area contributed by atoms with E-state index >= 15 is 0 Å². The lowest BCUT2D eigenvalue weighted by Crippen LogP contribution is -2.19. The second-order valence-corrected chi connectivity index (χ2v) is 10.0. The lowest BCUT2D eigenvalue weighted by molar-refractivity contribution is -0.137. The van der Waals surface area contributed by atoms with Gasteiger partial charge in [0, 0.05) is 31.5 Å². The summed E-state index contributed by atoms with van der Waals surface area (Å²) >= 11 is 1.65. The molecule has 2 aromatic carbocycles. The van der Waals surface area contributed by atoms with Gasteiger partial charge < -0.3 is 20.3 Å². The highest BCUT2D eigenvalue weighted by molar-refractivity contribution is 7.18. The molecule has 0 unspecified atom stereocenters. The van der Waals surface area contributed by atoms with Crippen LogP contribution in [0.1, 0.15) is 18.4 Å². The number of urea groups is 1. The summed E-state index contributed by atoms with van der Waals surface area (Å²) in [5, 5.41) is 5.92. The van der Waals surface area contributed by atoms with Crippen LogP contribution in [0.4, 0.5) is 34.5 Å². The normalized spacial score (nSPS) is 13.2. The molecule has 0 atom stereocenters. The number of hydrogen-bond donors (Lipinski definition) is 2. The molecule has 7 nitrogen and oxygen atoms in total. The fourth-order valence-electron chi connectivity index (χ4n) is 3.73. The summed E-state index contributed by atoms with van der Waals surface area (Å²) in [5.41, 5.74) is 0.568.